The van der Waals surface area contributed by atoms with Gasteiger partial charge in [-0.2, -0.15) is 4.68 Å². The molecule has 0 atom stereocenters. The molecule has 0 aliphatic heterocycles. The van der Waals surface area contributed by atoms with Crippen molar-refractivity contribution in [2.75, 3.05) is 11.1 Å². The highest BCUT2D eigenvalue weighted by molar-refractivity contribution is 6.14. The summed E-state index contributed by atoms with van der Waals surface area (Å²) in [6, 6.07) is 25.1. The molecule has 0 radical (unpaired) electrons. The highest BCUT2D eigenvalue weighted by atomic mass is 16.2. The molecule has 0 bridgehead atoms. The van der Waals surface area contributed by atoms with Crippen LogP contribution in [0.3, 0.4) is 0 Å². The lowest BCUT2D eigenvalue weighted by atomic mass is 9.95. The van der Waals surface area contributed by atoms with Gasteiger partial charge in [0.25, 0.3) is 11.8 Å². The van der Waals surface area contributed by atoms with Gasteiger partial charge in [0.1, 0.15) is 0 Å². The minimum absolute atomic E-state index is 0.121. The smallest absolute Gasteiger partial charge is 0.256 e. The molecule has 1 heterocycles. The second kappa shape index (κ2) is 8.64. The van der Waals surface area contributed by atoms with Crippen LogP contribution in [-0.4, -0.2) is 21.6 Å². The van der Waals surface area contributed by atoms with Crippen LogP contribution in [0.5, 0.6) is 0 Å². The summed E-state index contributed by atoms with van der Waals surface area (Å²) in [5.74, 6) is 0.0287. The molecule has 0 fully saturated rings. The van der Waals surface area contributed by atoms with E-state index in [1.165, 1.54) is 4.68 Å². The van der Waals surface area contributed by atoms with E-state index >= 15 is 0 Å². The topological polar surface area (TPSA) is 90.0 Å². The van der Waals surface area contributed by atoms with Crippen molar-refractivity contribution in [1.82, 2.24) is 9.78 Å². The predicted molar refractivity (Wildman–Crippen MR) is 146 cm³/mol. The Morgan fingerprint density at radius 1 is 0.917 bits per heavy atom. The largest absolute Gasteiger partial charge is 0.382 e. The van der Waals surface area contributed by atoms with Crippen molar-refractivity contribution in [2.45, 2.75) is 27.7 Å². The first kappa shape index (κ1) is 23.3. The molecule has 0 saturated carbocycles. The highest BCUT2D eigenvalue weighted by Crippen LogP contribution is 2.35. The Morgan fingerprint density at radius 3 is 2.42 bits per heavy atom. The number of benzene rings is 4. The average Bonchev–Trinajstić information content (AvgIpc) is 3.18. The quantitative estimate of drug-likeness (QED) is 0.304. The number of amides is 1. The fourth-order valence-corrected chi connectivity index (χ4v) is 4.48. The molecule has 6 nitrogen and oxygen atoms in total. The molecule has 5 rings (SSSR count). The Morgan fingerprint density at radius 2 is 1.67 bits per heavy atom. The van der Waals surface area contributed by atoms with E-state index in [0.29, 0.717) is 16.9 Å². The summed E-state index contributed by atoms with van der Waals surface area (Å²) in [6.45, 7) is 7.57. The van der Waals surface area contributed by atoms with Gasteiger partial charge in [-0.25, -0.2) is 0 Å². The number of nitrogens with one attached hydrogen (secondary N) is 1. The average molecular weight is 477 g/mol. The molecule has 180 valence electrons. The van der Waals surface area contributed by atoms with Crippen LogP contribution < -0.4 is 11.1 Å². The summed E-state index contributed by atoms with van der Waals surface area (Å²) in [5, 5.41) is 9.90. The van der Waals surface area contributed by atoms with Crippen LogP contribution in [0.15, 0.2) is 78.9 Å². The van der Waals surface area contributed by atoms with Gasteiger partial charge in [0.05, 0.1) is 10.9 Å². The fraction of sp³-hybridized carbons (Fsp3) is 0.167. The molecule has 4 aromatic carbocycles. The van der Waals surface area contributed by atoms with Gasteiger partial charge < -0.3 is 11.1 Å². The molecule has 1 amide bonds. The Kier molecular flexibility index (Phi) is 5.59. The number of nitrogen functional groups attached to an aromatic ring is 1. The molecule has 0 unspecified atom stereocenters. The van der Waals surface area contributed by atoms with Crippen LogP contribution in [0.4, 0.5) is 11.5 Å². The van der Waals surface area contributed by atoms with Crippen LogP contribution in [0, 0.1) is 12.3 Å². The summed E-state index contributed by atoms with van der Waals surface area (Å²) in [6.07, 6.45) is 0. The third kappa shape index (κ3) is 4.11. The molecule has 36 heavy (non-hydrogen) atoms. The number of carbonyl (C=O) groups is 2. The minimum atomic E-state index is -0.597. The maximum Gasteiger partial charge on any atom is 0.256 e. The molecule has 5 aromatic rings. The Labute approximate surface area is 209 Å². The zero-order valence-corrected chi connectivity index (χ0v) is 20.8. The number of hydrogen-bond acceptors (Lipinski definition) is 4. The maximum absolute atomic E-state index is 13.1. The van der Waals surface area contributed by atoms with E-state index in [1.807, 2.05) is 107 Å². The van der Waals surface area contributed by atoms with Crippen molar-refractivity contribution >= 4 is 45.0 Å². The third-order valence-corrected chi connectivity index (χ3v) is 6.28. The molecule has 3 N–H and O–H groups in total. The van der Waals surface area contributed by atoms with E-state index in [-0.39, 0.29) is 11.8 Å². The lowest BCUT2D eigenvalue weighted by molar-refractivity contribution is 0.0755. The van der Waals surface area contributed by atoms with Gasteiger partial charge in [-0.3, -0.25) is 9.59 Å². The second-order valence-corrected chi connectivity index (χ2v) is 10.1. The van der Waals surface area contributed by atoms with E-state index < -0.39 is 5.41 Å². The number of nitrogens with zero attached hydrogens (tertiary/aromatic N) is 2. The number of aryl methyl sites for hydroxylation is 1. The maximum atomic E-state index is 13.1. The molecule has 1 aromatic heterocycles. The molecule has 0 aliphatic carbocycles. The number of hydrogen-bond donors (Lipinski definition) is 2. The molecule has 0 saturated heterocycles. The number of nitrogens with two attached hydrogens (primary N) is 1. The van der Waals surface area contributed by atoms with Crippen LogP contribution in [0.2, 0.25) is 0 Å². The van der Waals surface area contributed by atoms with Gasteiger partial charge >= 0.3 is 0 Å². The number of fused-ring (bicyclic) bond motifs is 2. The van der Waals surface area contributed by atoms with Gasteiger partial charge in [0, 0.05) is 16.7 Å². The summed E-state index contributed by atoms with van der Waals surface area (Å²) in [4.78, 5) is 26.1. The van der Waals surface area contributed by atoms with Gasteiger partial charge in [-0.15, -0.1) is 5.10 Å². The molecular formula is C30H28N4O2. The Hall–Kier alpha value is -4.45. The molecular weight excluding hydrogens is 448 g/mol. The summed E-state index contributed by atoms with van der Waals surface area (Å²) in [7, 11) is 0. The van der Waals surface area contributed by atoms with Gasteiger partial charge in [-0.05, 0) is 64.7 Å². The van der Waals surface area contributed by atoms with Gasteiger partial charge in [0.2, 0.25) is 0 Å². The number of carbonyl (C=O) groups excluding carboxylic acids is 2. The van der Waals surface area contributed by atoms with Gasteiger partial charge in [0.15, 0.2) is 5.82 Å². The molecule has 0 spiro atoms. The number of anilines is 2. The zero-order chi connectivity index (χ0) is 25.6. The first-order chi connectivity index (χ1) is 17.1. The first-order valence-electron chi connectivity index (χ1n) is 11.9. The first-order valence-corrected chi connectivity index (χ1v) is 11.9. The summed E-state index contributed by atoms with van der Waals surface area (Å²) in [5.41, 5.74) is 10.7. The molecule has 6 heteroatoms. The SMILES string of the molecule is Cc1cccc(NC(=O)c2cccc3cc(-c4cccc5c4c(N)nn5C(=O)C(C)(C)C)ccc23)c1. The third-order valence-electron chi connectivity index (χ3n) is 6.28. The lowest BCUT2D eigenvalue weighted by Crippen LogP contribution is -2.27. The number of aromatic nitrogens is 2. The van der Waals surface area contributed by atoms with Crippen molar-refractivity contribution in [2.24, 2.45) is 5.41 Å². The van der Waals surface area contributed by atoms with Crippen molar-refractivity contribution in [3.63, 3.8) is 0 Å². The standard InChI is InChI=1S/C30H28N4O2/c1-18-8-5-10-21(16-18)32-28(35)24-12-6-9-19-17-20(14-15-22(19)24)23-11-7-13-25-26(23)27(31)33-34(25)29(36)30(2,3)4/h5-17H,1-4H3,(H2,31,33)(H,32,35). The van der Waals surface area contributed by atoms with Gasteiger partial charge in [-0.1, -0.05) is 69.3 Å². The monoisotopic (exact) mass is 476 g/mol. The second-order valence-electron chi connectivity index (χ2n) is 10.1. The van der Waals surface area contributed by atoms with Crippen molar-refractivity contribution in [1.29, 1.82) is 0 Å². The van der Waals surface area contributed by atoms with Crippen molar-refractivity contribution in [3.8, 4) is 11.1 Å². The van der Waals surface area contributed by atoms with Crippen molar-refractivity contribution < 1.29 is 9.59 Å². The van der Waals surface area contributed by atoms with Crippen LogP contribution >= 0.6 is 0 Å². The van der Waals surface area contributed by atoms with Crippen LogP contribution in [0.1, 0.15) is 41.5 Å². The fourth-order valence-electron chi connectivity index (χ4n) is 4.48. The van der Waals surface area contributed by atoms with Crippen LogP contribution in [-0.2, 0) is 0 Å². The normalized spacial score (nSPS) is 11.7. The zero-order valence-electron chi connectivity index (χ0n) is 20.8. The minimum Gasteiger partial charge on any atom is -0.382 e. The number of rotatable bonds is 3. The molecule has 0 aliphatic rings. The van der Waals surface area contributed by atoms with E-state index in [2.05, 4.69) is 10.4 Å². The van der Waals surface area contributed by atoms with E-state index in [0.717, 1.165) is 38.5 Å². The van der Waals surface area contributed by atoms with E-state index in [4.69, 9.17) is 5.73 Å². The Bertz CT molecular complexity index is 1660. The van der Waals surface area contributed by atoms with E-state index in [1.54, 1.807) is 0 Å². The lowest BCUT2D eigenvalue weighted by Gasteiger charge is -2.16. The van der Waals surface area contributed by atoms with E-state index in [9.17, 15) is 9.59 Å². The summed E-state index contributed by atoms with van der Waals surface area (Å²) < 4.78 is 1.41. The van der Waals surface area contributed by atoms with Crippen molar-refractivity contribution in [3.05, 3.63) is 90.0 Å². The Balaban J connectivity index is 1.57. The summed E-state index contributed by atoms with van der Waals surface area (Å²) >= 11 is 0. The predicted octanol–water partition coefficient (Wildman–Crippen LogP) is 6.69. The van der Waals surface area contributed by atoms with Crippen LogP contribution in [0.25, 0.3) is 32.8 Å². The highest BCUT2D eigenvalue weighted by Gasteiger charge is 2.27.